The summed E-state index contributed by atoms with van der Waals surface area (Å²) >= 11 is 1.55. The highest BCUT2D eigenvalue weighted by molar-refractivity contribution is 7.09. The van der Waals surface area contributed by atoms with E-state index in [9.17, 15) is 9.90 Å². The number of nitrogens with one attached hydrogen (secondary N) is 1. The second kappa shape index (κ2) is 9.03. The van der Waals surface area contributed by atoms with Crippen LogP contribution in [0.3, 0.4) is 0 Å². The molecule has 0 saturated carbocycles. The third-order valence-electron chi connectivity index (χ3n) is 5.04. The van der Waals surface area contributed by atoms with Crippen LogP contribution in [0.2, 0.25) is 0 Å². The van der Waals surface area contributed by atoms with Gasteiger partial charge in [-0.3, -0.25) is 9.69 Å². The molecular weight excluding hydrogens is 382 g/mol. The van der Waals surface area contributed by atoms with Gasteiger partial charge in [0.05, 0.1) is 6.54 Å². The summed E-state index contributed by atoms with van der Waals surface area (Å²) in [5.74, 6) is 0.271. The van der Waals surface area contributed by atoms with Crippen LogP contribution in [0.5, 0.6) is 5.75 Å². The highest BCUT2D eigenvalue weighted by Gasteiger charge is 2.21. The zero-order chi connectivity index (χ0) is 20.1. The number of carbonyl (C=O) groups excluding carboxylic acids is 1. The highest BCUT2D eigenvalue weighted by Crippen LogP contribution is 2.25. The van der Waals surface area contributed by atoms with Crippen molar-refractivity contribution >= 4 is 22.8 Å². The number of aromatic hydroxyl groups is 1. The Morgan fingerprint density at radius 3 is 2.62 bits per heavy atom. The average Bonchev–Trinajstić information content (AvgIpc) is 3.28. The van der Waals surface area contributed by atoms with E-state index in [1.54, 1.807) is 29.7 Å². The molecule has 1 aliphatic heterocycles. The minimum absolute atomic E-state index is 0.00413. The molecule has 0 saturated heterocycles. The van der Waals surface area contributed by atoms with Crippen LogP contribution in [-0.2, 0) is 4.79 Å². The number of thiazole rings is 1. The molecule has 0 fully saturated rings. The largest absolute Gasteiger partial charge is 0.508 e. The third kappa shape index (κ3) is 4.91. The van der Waals surface area contributed by atoms with Gasteiger partial charge in [0, 0.05) is 24.7 Å². The lowest BCUT2D eigenvalue weighted by molar-refractivity contribution is -0.122. The number of benzene rings is 2. The van der Waals surface area contributed by atoms with Gasteiger partial charge in [-0.05, 0) is 35.3 Å². The van der Waals surface area contributed by atoms with Gasteiger partial charge >= 0.3 is 0 Å². The Bertz CT molecular complexity index is 969. The van der Waals surface area contributed by atoms with E-state index in [2.05, 4.69) is 21.3 Å². The molecule has 0 spiro atoms. The number of phenols is 1. The average molecular weight is 406 g/mol. The summed E-state index contributed by atoms with van der Waals surface area (Å²) in [5, 5.41) is 15.4. The summed E-state index contributed by atoms with van der Waals surface area (Å²) in [6, 6.07) is 17.0. The maximum atomic E-state index is 12.8. The van der Waals surface area contributed by atoms with Crippen LogP contribution in [0, 0.1) is 0 Å². The van der Waals surface area contributed by atoms with Gasteiger partial charge < -0.3 is 10.4 Å². The van der Waals surface area contributed by atoms with Gasteiger partial charge in [0.2, 0.25) is 5.91 Å². The third-order valence-corrected chi connectivity index (χ3v) is 5.88. The summed E-state index contributed by atoms with van der Waals surface area (Å²) in [7, 11) is 0. The van der Waals surface area contributed by atoms with Crippen molar-refractivity contribution in [1.82, 2.24) is 15.2 Å². The van der Waals surface area contributed by atoms with E-state index in [-0.39, 0.29) is 17.7 Å². The number of phenolic OH excluding ortho intramolecular Hbond substituents is 1. The maximum absolute atomic E-state index is 12.8. The van der Waals surface area contributed by atoms with Gasteiger partial charge in [0.15, 0.2) is 0 Å². The monoisotopic (exact) mass is 405 g/mol. The van der Waals surface area contributed by atoms with Crippen molar-refractivity contribution < 1.29 is 9.90 Å². The Morgan fingerprint density at radius 2 is 1.97 bits per heavy atom. The lowest BCUT2D eigenvalue weighted by Gasteiger charge is -2.27. The van der Waals surface area contributed by atoms with E-state index < -0.39 is 0 Å². The quantitative estimate of drug-likeness (QED) is 0.654. The Balaban J connectivity index is 1.38. The molecule has 2 heterocycles. The van der Waals surface area contributed by atoms with E-state index in [0.29, 0.717) is 6.54 Å². The number of carbonyl (C=O) groups is 1. The molecule has 6 heteroatoms. The van der Waals surface area contributed by atoms with Crippen LogP contribution in [0.15, 0.2) is 72.3 Å². The molecule has 1 aromatic heterocycles. The first-order valence-electron chi connectivity index (χ1n) is 9.63. The molecule has 1 unspecified atom stereocenters. The predicted octanol–water partition coefficient (Wildman–Crippen LogP) is 3.84. The lowest BCUT2D eigenvalue weighted by Crippen LogP contribution is -2.40. The molecule has 2 N–H and O–H groups in total. The van der Waals surface area contributed by atoms with Crippen molar-refractivity contribution in [2.45, 2.75) is 12.5 Å². The highest BCUT2D eigenvalue weighted by atomic mass is 32.1. The fourth-order valence-corrected chi connectivity index (χ4v) is 4.23. The number of amides is 1. The summed E-state index contributed by atoms with van der Waals surface area (Å²) in [5.41, 5.74) is 3.41. The Morgan fingerprint density at radius 1 is 1.17 bits per heavy atom. The Hall–Kier alpha value is -2.96. The summed E-state index contributed by atoms with van der Waals surface area (Å²) in [6.45, 7) is 1.92. The summed E-state index contributed by atoms with van der Waals surface area (Å²) in [4.78, 5) is 19.3. The van der Waals surface area contributed by atoms with Crippen LogP contribution in [-0.4, -0.2) is 40.5 Å². The van der Waals surface area contributed by atoms with Crippen molar-refractivity contribution in [3.05, 3.63) is 88.4 Å². The first kappa shape index (κ1) is 19.4. The zero-order valence-corrected chi connectivity index (χ0v) is 16.8. The van der Waals surface area contributed by atoms with Crippen LogP contribution in [0.4, 0.5) is 0 Å². The van der Waals surface area contributed by atoms with Gasteiger partial charge in [-0.25, -0.2) is 4.98 Å². The van der Waals surface area contributed by atoms with E-state index in [1.165, 1.54) is 5.57 Å². The molecule has 3 aromatic rings. The fourth-order valence-electron chi connectivity index (χ4n) is 3.51. The second-order valence-corrected chi connectivity index (χ2v) is 7.97. The van der Waals surface area contributed by atoms with Crippen molar-refractivity contribution in [2.75, 3.05) is 19.6 Å². The van der Waals surface area contributed by atoms with Gasteiger partial charge in [-0.2, -0.15) is 0 Å². The number of hydrogen-bond donors (Lipinski definition) is 2. The maximum Gasteiger partial charge on any atom is 0.235 e. The van der Waals surface area contributed by atoms with E-state index >= 15 is 0 Å². The first-order valence-corrected chi connectivity index (χ1v) is 10.5. The van der Waals surface area contributed by atoms with E-state index in [4.69, 9.17) is 0 Å². The summed E-state index contributed by atoms with van der Waals surface area (Å²) in [6.07, 6.45) is 4.81. The van der Waals surface area contributed by atoms with Crippen LogP contribution in [0.1, 0.15) is 28.6 Å². The molecule has 5 nitrogen and oxygen atoms in total. The van der Waals surface area contributed by atoms with Crippen molar-refractivity contribution in [3.63, 3.8) is 0 Å². The molecule has 0 radical (unpaired) electrons. The SMILES string of the molecule is O=C(CN1CC=C(c2ccc(O)cc2)CC1)NC(c1ccccc1)c1nccs1. The number of hydrogen-bond acceptors (Lipinski definition) is 5. The lowest BCUT2D eigenvalue weighted by atomic mass is 9.99. The Labute approximate surface area is 174 Å². The van der Waals surface area contributed by atoms with Crippen molar-refractivity contribution in [2.24, 2.45) is 0 Å². The molecular formula is C23H23N3O2S. The van der Waals surface area contributed by atoms with E-state index in [0.717, 1.165) is 35.6 Å². The number of aromatic nitrogens is 1. The normalized spacial score (nSPS) is 15.5. The molecule has 1 aliphatic rings. The van der Waals surface area contributed by atoms with Gasteiger partial charge in [0.1, 0.15) is 16.8 Å². The Kier molecular flexibility index (Phi) is 6.03. The van der Waals surface area contributed by atoms with Gasteiger partial charge in [0.25, 0.3) is 0 Å². The molecule has 1 amide bonds. The van der Waals surface area contributed by atoms with Gasteiger partial charge in [-0.15, -0.1) is 11.3 Å². The molecule has 148 valence electrons. The number of nitrogens with zero attached hydrogens (tertiary/aromatic N) is 2. The minimum Gasteiger partial charge on any atom is -0.508 e. The van der Waals surface area contributed by atoms with Crippen LogP contribution >= 0.6 is 11.3 Å². The topological polar surface area (TPSA) is 65.5 Å². The molecule has 2 aromatic carbocycles. The standard InChI is InChI=1S/C23H23N3O2S/c27-20-8-6-17(7-9-20)18-10-13-26(14-11-18)16-21(28)25-22(23-24-12-15-29-23)19-4-2-1-3-5-19/h1-10,12,15,22,27H,11,13-14,16H2,(H,25,28). The van der Waals surface area contributed by atoms with Crippen LogP contribution < -0.4 is 5.32 Å². The van der Waals surface area contributed by atoms with Crippen molar-refractivity contribution in [1.29, 1.82) is 0 Å². The predicted molar refractivity (Wildman–Crippen MR) is 116 cm³/mol. The van der Waals surface area contributed by atoms with Crippen molar-refractivity contribution in [3.8, 4) is 5.75 Å². The smallest absolute Gasteiger partial charge is 0.235 e. The zero-order valence-electron chi connectivity index (χ0n) is 16.0. The summed E-state index contributed by atoms with van der Waals surface area (Å²) < 4.78 is 0. The minimum atomic E-state index is -0.225. The van der Waals surface area contributed by atoms with Crippen LogP contribution in [0.25, 0.3) is 5.57 Å². The number of rotatable bonds is 6. The molecule has 0 aliphatic carbocycles. The molecule has 1 atom stereocenters. The molecule has 0 bridgehead atoms. The second-order valence-electron chi connectivity index (χ2n) is 7.04. The first-order chi connectivity index (χ1) is 14.2. The molecule has 4 rings (SSSR count). The molecule has 29 heavy (non-hydrogen) atoms. The fraction of sp³-hybridized carbons (Fsp3) is 0.217. The van der Waals surface area contributed by atoms with E-state index in [1.807, 2.05) is 47.8 Å². The van der Waals surface area contributed by atoms with Gasteiger partial charge in [-0.1, -0.05) is 48.5 Å².